The van der Waals surface area contributed by atoms with E-state index in [0.29, 0.717) is 23.6 Å². The summed E-state index contributed by atoms with van der Waals surface area (Å²) in [6.45, 7) is 8.00. The first-order valence-corrected chi connectivity index (χ1v) is 15.5. The Morgan fingerprint density at radius 3 is 2.26 bits per heavy atom. The third-order valence-electron chi connectivity index (χ3n) is 6.24. The summed E-state index contributed by atoms with van der Waals surface area (Å²) in [5.74, 6) is 0.386. The summed E-state index contributed by atoms with van der Waals surface area (Å²) < 4.78 is 62.9. The van der Waals surface area contributed by atoms with Crippen LogP contribution in [0.15, 0.2) is 87.6 Å². The van der Waals surface area contributed by atoms with Crippen LogP contribution in [0.4, 0.5) is 0 Å². The van der Waals surface area contributed by atoms with E-state index in [-0.39, 0.29) is 34.8 Å². The van der Waals surface area contributed by atoms with E-state index in [1.807, 2.05) is 45.9 Å². The fourth-order valence-electron chi connectivity index (χ4n) is 4.21. The number of aromatic nitrogens is 2. The highest BCUT2D eigenvalue weighted by Crippen LogP contribution is 2.25. The van der Waals surface area contributed by atoms with Crippen molar-refractivity contribution >= 4 is 19.9 Å². The van der Waals surface area contributed by atoms with Crippen LogP contribution in [-0.2, 0) is 45.2 Å². The van der Waals surface area contributed by atoms with E-state index in [1.54, 1.807) is 47.0 Å². The Bertz CT molecular complexity index is 1590. The van der Waals surface area contributed by atoms with Crippen molar-refractivity contribution in [3.63, 3.8) is 0 Å². The van der Waals surface area contributed by atoms with Crippen molar-refractivity contribution in [2.75, 3.05) is 0 Å². The van der Waals surface area contributed by atoms with Crippen LogP contribution in [0, 0.1) is 19.8 Å². The predicted molar refractivity (Wildman–Crippen MR) is 145 cm³/mol. The number of nitrogens with zero attached hydrogens (tertiary/aromatic N) is 3. The van der Waals surface area contributed by atoms with Crippen molar-refractivity contribution < 1.29 is 21.3 Å². The molecule has 38 heavy (non-hydrogen) atoms. The number of benzene rings is 2. The maximum Gasteiger partial charge on any atom is 0.243 e. The normalized spacial score (nSPS) is 12.5. The lowest BCUT2D eigenvalue weighted by molar-refractivity contribution is 0.345. The Morgan fingerprint density at radius 1 is 0.921 bits per heavy atom. The van der Waals surface area contributed by atoms with E-state index in [1.165, 1.54) is 16.8 Å². The van der Waals surface area contributed by atoms with Gasteiger partial charge in [0.05, 0.1) is 41.9 Å². The van der Waals surface area contributed by atoms with Gasteiger partial charge in [0.2, 0.25) is 25.0 Å². The molecule has 0 N–H and O–H groups in total. The molecule has 202 valence electrons. The standard InChI is InChI=1S/C28H33N3O5S2/c1-21(2)17-31-25(16-29-28(31)37(32,33)20-24-9-6-5-8-23(24)4)18-30(19-26-10-7-15-36-26)38(34,35)27-13-11-22(3)12-14-27/h5-16,21H,17-20H2,1-4H3. The first-order valence-electron chi connectivity index (χ1n) is 12.4. The molecule has 0 unspecified atom stereocenters. The molecule has 0 radical (unpaired) electrons. The minimum absolute atomic E-state index is 0.0125. The molecular weight excluding hydrogens is 522 g/mol. The Balaban J connectivity index is 1.74. The number of hydrogen-bond donors (Lipinski definition) is 0. The topological polar surface area (TPSA) is 102 Å². The fraction of sp³-hybridized carbons (Fsp3) is 0.321. The first-order chi connectivity index (χ1) is 18.0. The van der Waals surface area contributed by atoms with Gasteiger partial charge in [-0.3, -0.25) is 0 Å². The van der Waals surface area contributed by atoms with Gasteiger partial charge in [-0.05, 0) is 55.2 Å². The molecule has 0 aliphatic carbocycles. The number of sulfone groups is 1. The molecule has 0 spiro atoms. The molecule has 0 amide bonds. The smallest absolute Gasteiger partial charge is 0.243 e. The lowest BCUT2D eigenvalue weighted by atomic mass is 10.1. The zero-order valence-electron chi connectivity index (χ0n) is 22.0. The van der Waals surface area contributed by atoms with Crippen molar-refractivity contribution in [1.29, 1.82) is 0 Å². The monoisotopic (exact) mass is 555 g/mol. The summed E-state index contributed by atoms with van der Waals surface area (Å²) in [6, 6.07) is 17.4. The molecule has 0 fully saturated rings. The minimum Gasteiger partial charge on any atom is -0.468 e. The van der Waals surface area contributed by atoms with Gasteiger partial charge in [-0.2, -0.15) is 4.31 Å². The quantitative estimate of drug-likeness (QED) is 0.255. The van der Waals surface area contributed by atoms with E-state index < -0.39 is 19.9 Å². The molecule has 2 aromatic carbocycles. The summed E-state index contributed by atoms with van der Waals surface area (Å²) in [4.78, 5) is 4.46. The number of furan rings is 1. The molecule has 0 atom stereocenters. The Hall–Kier alpha value is -3.21. The van der Waals surface area contributed by atoms with Gasteiger partial charge in [0.15, 0.2) is 0 Å². The van der Waals surface area contributed by atoms with Crippen LogP contribution in [0.2, 0.25) is 0 Å². The van der Waals surface area contributed by atoms with Crippen molar-refractivity contribution in [2.24, 2.45) is 5.92 Å². The van der Waals surface area contributed by atoms with Crippen LogP contribution in [-0.4, -0.2) is 30.7 Å². The molecule has 2 heterocycles. The number of imidazole rings is 1. The second kappa shape index (κ2) is 11.3. The van der Waals surface area contributed by atoms with Crippen molar-refractivity contribution in [3.05, 3.63) is 101 Å². The molecule has 0 saturated carbocycles. The van der Waals surface area contributed by atoms with Gasteiger partial charge in [0, 0.05) is 6.54 Å². The van der Waals surface area contributed by atoms with Gasteiger partial charge in [0.25, 0.3) is 0 Å². The maximum absolute atomic E-state index is 13.7. The third-order valence-corrected chi connectivity index (χ3v) is 9.62. The molecule has 0 aliphatic heterocycles. The van der Waals surface area contributed by atoms with E-state index in [0.717, 1.165) is 11.1 Å². The van der Waals surface area contributed by atoms with Crippen LogP contribution in [0.3, 0.4) is 0 Å². The van der Waals surface area contributed by atoms with Crippen molar-refractivity contribution in [2.45, 2.75) is 63.1 Å². The highest BCUT2D eigenvalue weighted by molar-refractivity contribution is 7.90. The van der Waals surface area contributed by atoms with Gasteiger partial charge >= 0.3 is 0 Å². The van der Waals surface area contributed by atoms with Crippen LogP contribution in [0.1, 0.15) is 42.0 Å². The molecule has 0 aliphatic rings. The number of sulfonamides is 1. The molecule has 8 nitrogen and oxygen atoms in total. The molecular formula is C28H33N3O5S2. The molecule has 0 bridgehead atoms. The van der Waals surface area contributed by atoms with Gasteiger partial charge in [-0.15, -0.1) is 0 Å². The molecule has 0 saturated heterocycles. The maximum atomic E-state index is 13.7. The number of rotatable bonds is 11. The third kappa shape index (κ3) is 6.25. The largest absolute Gasteiger partial charge is 0.468 e. The highest BCUT2D eigenvalue weighted by atomic mass is 32.2. The van der Waals surface area contributed by atoms with E-state index in [2.05, 4.69) is 4.98 Å². The van der Waals surface area contributed by atoms with Crippen molar-refractivity contribution in [1.82, 2.24) is 13.9 Å². The zero-order valence-corrected chi connectivity index (χ0v) is 23.7. The summed E-state index contributed by atoms with van der Waals surface area (Å²) in [5.41, 5.74) is 3.02. The van der Waals surface area contributed by atoms with Gasteiger partial charge < -0.3 is 8.98 Å². The molecule has 10 heteroatoms. The summed E-state index contributed by atoms with van der Waals surface area (Å²) in [6.07, 6.45) is 2.96. The Kier molecular flexibility index (Phi) is 8.25. The van der Waals surface area contributed by atoms with Gasteiger partial charge in [-0.25, -0.2) is 21.8 Å². The summed E-state index contributed by atoms with van der Waals surface area (Å²) >= 11 is 0. The minimum atomic E-state index is -3.93. The Labute approximate surface area is 224 Å². The van der Waals surface area contributed by atoms with Crippen molar-refractivity contribution in [3.8, 4) is 0 Å². The lowest BCUT2D eigenvalue weighted by Gasteiger charge is -2.23. The van der Waals surface area contributed by atoms with Crippen LogP contribution < -0.4 is 0 Å². The second-order valence-corrected chi connectivity index (χ2v) is 13.7. The predicted octanol–water partition coefficient (Wildman–Crippen LogP) is 5.11. The Morgan fingerprint density at radius 2 is 1.63 bits per heavy atom. The number of hydrogen-bond acceptors (Lipinski definition) is 6. The SMILES string of the molecule is Cc1ccc(S(=O)(=O)N(Cc2ccco2)Cc2cnc(S(=O)(=O)Cc3ccccc3C)n2CC(C)C)cc1. The summed E-state index contributed by atoms with van der Waals surface area (Å²) in [7, 11) is -7.74. The van der Waals surface area contributed by atoms with Crippen LogP contribution in [0.25, 0.3) is 0 Å². The zero-order chi connectivity index (χ0) is 27.5. The second-order valence-electron chi connectivity index (χ2n) is 9.89. The van der Waals surface area contributed by atoms with E-state index in [9.17, 15) is 16.8 Å². The van der Waals surface area contributed by atoms with Crippen LogP contribution >= 0.6 is 0 Å². The highest BCUT2D eigenvalue weighted by Gasteiger charge is 2.30. The average molecular weight is 556 g/mol. The first kappa shape index (κ1) is 27.8. The molecule has 4 rings (SSSR count). The van der Waals surface area contributed by atoms with Crippen LogP contribution in [0.5, 0.6) is 0 Å². The number of aryl methyl sites for hydroxylation is 2. The fourth-order valence-corrected chi connectivity index (χ4v) is 7.19. The molecule has 2 aromatic heterocycles. The van der Waals surface area contributed by atoms with Gasteiger partial charge in [-0.1, -0.05) is 55.8 Å². The lowest BCUT2D eigenvalue weighted by Crippen LogP contribution is -2.31. The van der Waals surface area contributed by atoms with E-state index in [4.69, 9.17) is 4.42 Å². The average Bonchev–Trinajstić information content (AvgIpc) is 3.50. The van der Waals surface area contributed by atoms with Gasteiger partial charge in [0.1, 0.15) is 5.76 Å². The van der Waals surface area contributed by atoms with E-state index >= 15 is 0 Å². The molecule has 4 aromatic rings. The summed E-state index contributed by atoms with van der Waals surface area (Å²) in [5, 5.41) is -0.0601.